The van der Waals surface area contributed by atoms with Gasteiger partial charge in [0.05, 0.1) is 11.7 Å². The minimum atomic E-state index is -0.0643. The number of rotatable bonds is 3. The zero-order valence-electron chi connectivity index (χ0n) is 14.6. The van der Waals surface area contributed by atoms with Crippen molar-refractivity contribution < 1.29 is 5.11 Å². The van der Waals surface area contributed by atoms with E-state index in [1.165, 1.54) is 5.69 Å². The van der Waals surface area contributed by atoms with Gasteiger partial charge >= 0.3 is 0 Å². The molecule has 0 unspecified atom stereocenters. The first-order valence-electron chi connectivity index (χ1n) is 8.48. The summed E-state index contributed by atoms with van der Waals surface area (Å²) in [7, 11) is 2.07. The molecule has 0 bridgehead atoms. The second kappa shape index (κ2) is 6.46. The number of nitrogens with one attached hydrogen (secondary N) is 1. The Bertz CT molecular complexity index is 936. The highest BCUT2D eigenvalue weighted by Gasteiger charge is 2.41. The second-order valence-electron chi connectivity index (χ2n) is 6.47. The minimum Gasteiger partial charge on any atom is -0.508 e. The van der Waals surface area contributed by atoms with Crippen molar-refractivity contribution in [2.24, 2.45) is 7.05 Å². The molecule has 0 saturated carbocycles. The summed E-state index contributed by atoms with van der Waals surface area (Å²) in [5, 5.41) is 13.7. The molecule has 0 aliphatic carbocycles. The number of pyridine rings is 1. The normalized spacial score (nSPS) is 19.6. The van der Waals surface area contributed by atoms with Crippen LogP contribution < -0.4 is 10.2 Å². The van der Waals surface area contributed by atoms with Gasteiger partial charge in [-0.15, -0.1) is 0 Å². The molecular weight excluding hydrogens is 344 g/mol. The number of phenolic OH excluding ortho intramolecular Hbond substituents is 1. The van der Waals surface area contributed by atoms with E-state index in [0.29, 0.717) is 5.11 Å². The van der Waals surface area contributed by atoms with Crippen LogP contribution >= 0.6 is 12.2 Å². The number of aromatic hydroxyl groups is 1. The van der Waals surface area contributed by atoms with Crippen LogP contribution in [0.15, 0.2) is 60.8 Å². The fraction of sp³-hybridized carbons (Fsp3) is 0.200. The third kappa shape index (κ3) is 2.72. The van der Waals surface area contributed by atoms with Crippen LogP contribution in [0.25, 0.3) is 0 Å². The SMILES string of the molecule is Cc1ccc([C@@H]2[C@@H](c3ccccn3)NC(=S)N2c2ccc(O)cc2)n1C. The number of aryl methyl sites for hydroxylation is 1. The van der Waals surface area contributed by atoms with Gasteiger partial charge in [0.15, 0.2) is 5.11 Å². The van der Waals surface area contributed by atoms with Crippen LogP contribution in [-0.2, 0) is 7.05 Å². The lowest BCUT2D eigenvalue weighted by Gasteiger charge is -2.28. The van der Waals surface area contributed by atoms with Gasteiger partial charge in [-0.05, 0) is 67.7 Å². The standard InChI is InChI=1S/C20H20N4OS/c1-13-6-11-17(23(13)2)19-18(16-5-3-4-12-21-16)22-20(26)24(19)14-7-9-15(25)10-8-14/h3-12,18-19,25H,1-2H3,(H,22,26)/t18-,19-/m1/s1. The highest BCUT2D eigenvalue weighted by molar-refractivity contribution is 7.80. The van der Waals surface area contributed by atoms with Gasteiger partial charge in [0.2, 0.25) is 0 Å². The lowest BCUT2D eigenvalue weighted by atomic mass is 10.0. The molecule has 26 heavy (non-hydrogen) atoms. The largest absolute Gasteiger partial charge is 0.508 e. The smallest absolute Gasteiger partial charge is 0.174 e. The Balaban J connectivity index is 1.85. The van der Waals surface area contributed by atoms with E-state index in [2.05, 4.69) is 45.9 Å². The molecule has 3 aromatic rings. The number of thiocarbonyl (C=S) groups is 1. The summed E-state index contributed by atoms with van der Waals surface area (Å²) in [6.45, 7) is 2.09. The molecule has 2 N–H and O–H groups in total. The Morgan fingerprint density at radius 2 is 1.85 bits per heavy atom. The molecule has 0 amide bonds. The van der Waals surface area contributed by atoms with Crippen molar-refractivity contribution in [2.75, 3.05) is 4.90 Å². The fourth-order valence-corrected chi connectivity index (χ4v) is 3.82. The van der Waals surface area contributed by atoms with Gasteiger partial charge in [-0.2, -0.15) is 0 Å². The first-order valence-corrected chi connectivity index (χ1v) is 8.89. The lowest BCUT2D eigenvalue weighted by Crippen LogP contribution is -2.30. The summed E-state index contributed by atoms with van der Waals surface area (Å²) in [4.78, 5) is 6.65. The molecule has 2 atom stereocenters. The maximum atomic E-state index is 9.64. The average molecular weight is 364 g/mol. The molecule has 1 saturated heterocycles. The van der Waals surface area contributed by atoms with E-state index in [4.69, 9.17) is 12.2 Å². The van der Waals surface area contributed by atoms with Crippen LogP contribution in [0, 0.1) is 6.92 Å². The summed E-state index contributed by atoms with van der Waals surface area (Å²) in [6, 6.07) is 17.2. The van der Waals surface area contributed by atoms with Gasteiger partial charge in [0, 0.05) is 30.3 Å². The van der Waals surface area contributed by atoms with Crippen molar-refractivity contribution in [1.82, 2.24) is 14.9 Å². The van der Waals surface area contributed by atoms with Gasteiger partial charge in [-0.3, -0.25) is 4.98 Å². The van der Waals surface area contributed by atoms with E-state index >= 15 is 0 Å². The number of anilines is 1. The first kappa shape index (κ1) is 16.6. The molecule has 5 nitrogen and oxygen atoms in total. The van der Waals surface area contributed by atoms with Crippen LogP contribution in [0.5, 0.6) is 5.75 Å². The third-order valence-corrected chi connectivity index (χ3v) is 5.26. The molecule has 1 aromatic carbocycles. The van der Waals surface area contributed by atoms with E-state index in [-0.39, 0.29) is 17.8 Å². The highest BCUT2D eigenvalue weighted by atomic mass is 32.1. The van der Waals surface area contributed by atoms with Crippen LogP contribution in [0.1, 0.15) is 29.2 Å². The molecule has 0 spiro atoms. The summed E-state index contributed by atoms with van der Waals surface area (Å²) >= 11 is 5.67. The lowest BCUT2D eigenvalue weighted by molar-refractivity contribution is 0.475. The Morgan fingerprint density at radius 1 is 1.08 bits per heavy atom. The molecule has 4 rings (SSSR count). The van der Waals surface area contributed by atoms with Gasteiger partial charge < -0.3 is 19.9 Å². The molecule has 2 aromatic heterocycles. The maximum Gasteiger partial charge on any atom is 0.174 e. The van der Waals surface area contributed by atoms with Gasteiger partial charge in [-0.1, -0.05) is 6.07 Å². The van der Waals surface area contributed by atoms with E-state index < -0.39 is 0 Å². The molecular formula is C20H20N4OS. The first-order chi connectivity index (χ1) is 12.6. The van der Waals surface area contributed by atoms with Crippen molar-refractivity contribution in [3.63, 3.8) is 0 Å². The summed E-state index contributed by atoms with van der Waals surface area (Å²) in [5.74, 6) is 0.236. The summed E-state index contributed by atoms with van der Waals surface area (Å²) < 4.78 is 2.18. The molecule has 1 fully saturated rings. The molecule has 1 aliphatic rings. The number of phenols is 1. The quantitative estimate of drug-likeness (QED) is 0.696. The van der Waals surface area contributed by atoms with E-state index in [9.17, 15) is 5.11 Å². The zero-order chi connectivity index (χ0) is 18.3. The van der Waals surface area contributed by atoms with Gasteiger partial charge in [-0.25, -0.2) is 0 Å². The number of hydrogen-bond acceptors (Lipinski definition) is 3. The van der Waals surface area contributed by atoms with Crippen LogP contribution in [0.3, 0.4) is 0 Å². The third-order valence-electron chi connectivity index (χ3n) is 4.94. The highest BCUT2D eigenvalue weighted by Crippen LogP contribution is 2.41. The average Bonchev–Trinajstić information content (AvgIpc) is 3.16. The molecule has 0 radical (unpaired) electrons. The number of hydrogen-bond donors (Lipinski definition) is 2. The molecule has 1 aliphatic heterocycles. The summed E-state index contributed by atoms with van der Waals surface area (Å²) in [5.41, 5.74) is 4.21. The van der Waals surface area contributed by atoms with Crippen LogP contribution in [0.4, 0.5) is 5.69 Å². The van der Waals surface area contributed by atoms with Crippen molar-refractivity contribution >= 4 is 23.0 Å². The van der Waals surface area contributed by atoms with Crippen molar-refractivity contribution in [3.8, 4) is 5.75 Å². The number of aromatic nitrogens is 2. The van der Waals surface area contributed by atoms with Gasteiger partial charge in [0.1, 0.15) is 11.8 Å². The maximum absolute atomic E-state index is 9.64. The Morgan fingerprint density at radius 3 is 2.46 bits per heavy atom. The Hall–Kier alpha value is -2.86. The molecule has 132 valence electrons. The molecule has 6 heteroatoms. The predicted octanol–water partition coefficient (Wildman–Crippen LogP) is 3.61. The molecule has 3 heterocycles. The Labute approximate surface area is 157 Å². The number of benzene rings is 1. The van der Waals surface area contributed by atoms with Crippen LogP contribution in [-0.4, -0.2) is 19.8 Å². The Kier molecular flexibility index (Phi) is 4.12. The van der Waals surface area contributed by atoms with E-state index in [0.717, 1.165) is 17.1 Å². The van der Waals surface area contributed by atoms with Crippen molar-refractivity contribution in [2.45, 2.75) is 19.0 Å². The zero-order valence-corrected chi connectivity index (χ0v) is 15.4. The fourth-order valence-electron chi connectivity index (χ4n) is 3.48. The van der Waals surface area contributed by atoms with E-state index in [1.807, 2.05) is 30.3 Å². The van der Waals surface area contributed by atoms with Crippen molar-refractivity contribution in [3.05, 3.63) is 77.9 Å². The van der Waals surface area contributed by atoms with Gasteiger partial charge in [0.25, 0.3) is 0 Å². The topological polar surface area (TPSA) is 53.3 Å². The minimum absolute atomic E-state index is 0.0411. The van der Waals surface area contributed by atoms with Crippen molar-refractivity contribution in [1.29, 1.82) is 0 Å². The second-order valence-corrected chi connectivity index (χ2v) is 6.86. The predicted molar refractivity (Wildman–Crippen MR) is 106 cm³/mol. The van der Waals surface area contributed by atoms with Crippen LogP contribution in [0.2, 0.25) is 0 Å². The number of nitrogens with zero attached hydrogens (tertiary/aromatic N) is 3. The van der Waals surface area contributed by atoms with E-state index in [1.54, 1.807) is 18.3 Å². The monoisotopic (exact) mass is 364 g/mol. The summed E-state index contributed by atoms with van der Waals surface area (Å²) in [6.07, 6.45) is 1.80.